The van der Waals surface area contributed by atoms with E-state index in [0.717, 1.165) is 40.8 Å². The molecule has 0 aliphatic carbocycles. The first-order valence-electron chi connectivity index (χ1n) is 12.8. The fourth-order valence-electron chi connectivity index (χ4n) is 4.61. The summed E-state index contributed by atoms with van der Waals surface area (Å²) in [6, 6.07) is 17.6. The van der Waals surface area contributed by atoms with E-state index in [0.29, 0.717) is 31.1 Å². The maximum atomic E-state index is 12.0. The van der Waals surface area contributed by atoms with Gasteiger partial charge in [0, 0.05) is 23.3 Å². The van der Waals surface area contributed by atoms with Gasteiger partial charge in [-0.05, 0) is 73.4 Å². The second-order valence-corrected chi connectivity index (χ2v) is 10.1. The van der Waals surface area contributed by atoms with Gasteiger partial charge in [0.25, 0.3) is 0 Å². The van der Waals surface area contributed by atoms with Gasteiger partial charge in [-0.2, -0.15) is 0 Å². The van der Waals surface area contributed by atoms with E-state index in [1.54, 1.807) is 0 Å². The number of hydrogen-bond donors (Lipinski definition) is 0. The predicted molar refractivity (Wildman–Crippen MR) is 146 cm³/mol. The van der Waals surface area contributed by atoms with Crippen molar-refractivity contribution < 1.29 is 23.8 Å². The Morgan fingerprint density at radius 1 is 0.946 bits per heavy atom. The number of hydrogen-bond acceptors (Lipinski definition) is 6. The van der Waals surface area contributed by atoms with Crippen molar-refractivity contribution in [1.29, 1.82) is 0 Å². The molecule has 0 saturated carbocycles. The van der Waals surface area contributed by atoms with Crippen molar-refractivity contribution in [3.8, 4) is 5.75 Å². The number of nitrogens with zero attached hydrogens (tertiary/aromatic N) is 1. The van der Waals surface area contributed by atoms with E-state index in [2.05, 4.69) is 24.9 Å². The highest BCUT2D eigenvalue weighted by atomic mass is 35.5. The summed E-state index contributed by atoms with van der Waals surface area (Å²) in [6.07, 6.45) is 2.30. The van der Waals surface area contributed by atoms with Crippen molar-refractivity contribution >= 4 is 34.4 Å². The molecule has 7 heteroatoms. The molecule has 0 N–H and O–H groups in total. The summed E-state index contributed by atoms with van der Waals surface area (Å²) in [6.45, 7) is 6.64. The topological polar surface area (TPSA) is 74.7 Å². The summed E-state index contributed by atoms with van der Waals surface area (Å²) < 4.78 is 16.1. The lowest BCUT2D eigenvalue weighted by Gasteiger charge is -2.24. The van der Waals surface area contributed by atoms with Crippen LogP contribution >= 0.6 is 11.6 Å². The van der Waals surface area contributed by atoms with Gasteiger partial charge in [0.15, 0.2) is 0 Å². The highest BCUT2D eigenvalue weighted by Crippen LogP contribution is 2.34. The van der Waals surface area contributed by atoms with E-state index >= 15 is 0 Å². The number of benzene rings is 2. The molecule has 6 nitrogen and oxygen atoms in total. The van der Waals surface area contributed by atoms with Gasteiger partial charge in [-0.25, -0.2) is 4.98 Å². The Balaban J connectivity index is 1.73. The molecule has 0 aliphatic heterocycles. The van der Waals surface area contributed by atoms with Crippen LogP contribution in [0.1, 0.15) is 63.6 Å². The van der Waals surface area contributed by atoms with E-state index in [9.17, 15) is 9.59 Å². The monoisotopic (exact) mass is 525 g/mol. The quantitative estimate of drug-likeness (QED) is 0.221. The highest BCUT2D eigenvalue weighted by molar-refractivity contribution is 6.31. The maximum absolute atomic E-state index is 12.0. The fourth-order valence-corrected chi connectivity index (χ4v) is 4.77. The molecule has 1 heterocycles. The Kier molecular flexibility index (Phi) is 10.8. The van der Waals surface area contributed by atoms with Crippen molar-refractivity contribution in [3.63, 3.8) is 0 Å². The molecule has 0 bridgehead atoms. The van der Waals surface area contributed by atoms with Gasteiger partial charge in [0.05, 0.1) is 24.9 Å². The second-order valence-electron chi connectivity index (χ2n) is 9.67. The minimum absolute atomic E-state index is 0.130. The molecule has 0 radical (unpaired) electrons. The third-order valence-electron chi connectivity index (χ3n) is 6.37. The zero-order valence-electron chi connectivity index (χ0n) is 22.0. The summed E-state index contributed by atoms with van der Waals surface area (Å²) in [7, 11) is 1.41. The Bertz CT molecular complexity index is 1200. The first-order valence-corrected chi connectivity index (χ1v) is 13.2. The van der Waals surface area contributed by atoms with Gasteiger partial charge < -0.3 is 14.2 Å². The lowest BCUT2D eigenvalue weighted by molar-refractivity contribution is -0.144. The van der Waals surface area contributed by atoms with Gasteiger partial charge in [-0.3, -0.25) is 9.59 Å². The summed E-state index contributed by atoms with van der Waals surface area (Å²) in [5, 5.41) is 1.67. The predicted octanol–water partition coefficient (Wildman–Crippen LogP) is 7.12. The zero-order valence-corrected chi connectivity index (χ0v) is 22.8. The van der Waals surface area contributed by atoms with Crippen molar-refractivity contribution in [3.05, 3.63) is 70.9 Å². The number of halogens is 1. The summed E-state index contributed by atoms with van der Waals surface area (Å²) in [5.41, 5.74) is 2.76. The fraction of sp³-hybridized carbons (Fsp3) is 0.433. The van der Waals surface area contributed by atoms with Gasteiger partial charge in [0.1, 0.15) is 12.4 Å². The molecular formula is C30H36ClNO5. The molecule has 37 heavy (non-hydrogen) atoms. The first kappa shape index (κ1) is 28.5. The normalized spacial score (nSPS) is 13.5. The number of carbonyl (C=O) groups excluding carboxylic acids is 2. The molecule has 198 valence electrons. The Labute approximate surface area is 224 Å². The number of aromatic nitrogens is 1. The second kappa shape index (κ2) is 14.0. The average Bonchev–Trinajstić information content (AvgIpc) is 2.86. The van der Waals surface area contributed by atoms with Gasteiger partial charge in [0.2, 0.25) is 0 Å². The summed E-state index contributed by atoms with van der Waals surface area (Å²) in [5.74, 6) is 0.755. The van der Waals surface area contributed by atoms with Gasteiger partial charge in [-0.1, -0.05) is 49.7 Å². The molecule has 3 rings (SSSR count). The minimum Gasteiger partial charge on any atom is -0.487 e. The highest BCUT2D eigenvalue weighted by Gasteiger charge is 2.22. The molecule has 3 atom stereocenters. The van der Waals surface area contributed by atoms with Crippen molar-refractivity contribution in [2.75, 3.05) is 13.7 Å². The van der Waals surface area contributed by atoms with E-state index in [-0.39, 0.29) is 29.7 Å². The van der Waals surface area contributed by atoms with Crippen LogP contribution in [0.15, 0.2) is 54.6 Å². The summed E-state index contributed by atoms with van der Waals surface area (Å²) >= 11 is 6.12. The van der Waals surface area contributed by atoms with E-state index < -0.39 is 0 Å². The molecule has 2 aromatic carbocycles. The first-order chi connectivity index (χ1) is 17.8. The van der Waals surface area contributed by atoms with Crippen LogP contribution in [0.25, 0.3) is 10.9 Å². The summed E-state index contributed by atoms with van der Waals surface area (Å²) in [4.78, 5) is 28.5. The van der Waals surface area contributed by atoms with E-state index in [1.165, 1.54) is 7.11 Å². The lowest BCUT2D eigenvalue weighted by Crippen LogP contribution is -2.16. The Morgan fingerprint density at radius 2 is 1.65 bits per heavy atom. The average molecular weight is 526 g/mol. The van der Waals surface area contributed by atoms with Crippen LogP contribution in [-0.2, 0) is 25.7 Å². The number of esters is 2. The molecule has 0 amide bonds. The zero-order chi connectivity index (χ0) is 26.8. The van der Waals surface area contributed by atoms with Crippen LogP contribution in [0.2, 0.25) is 5.02 Å². The van der Waals surface area contributed by atoms with Gasteiger partial charge in [-0.15, -0.1) is 0 Å². The third kappa shape index (κ3) is 9.04. The van der Waals surface area contributed by atoms with Crippen LogP contribution in [0.3, 0.4) is 0 Å². The Morgan fingerprint density at radius 3 is 2.35 bits per heavy atom. The lowest BCUT2D eigenvalue weighted by atomic mass is 9.81. The number of rotatable bonds is 13. The molecule has 0 saturated heterocycles. The number of ether oxygens (including phenoxy) is 3. The van der Waals surface area contributed by atoms with Gasteiger partial charge >= 0.3 is 11.9 Å². The largest absolute Gasteiger partial charge is 0.487 e. The minimum atomic E-state index is -0.216. The standard InChI is InChI=1S/C30H36ClNO5/c1-5-36-30(34)16-21(3)14-24(13-20(2)15-29(33)35-4)23-7-6-8-27(17-23)37-19-26-12-10-22-9-11-25(31)18-28(22)32-26/h6-12,17-18,20-21,24H,5,13-16,19H2,1-4H3. The van der Waals surface area contributed by atoms with E-state index in [1.807, 2.05) is 55.5 Å². The number of pyridine rings is 1. The van der Waals surface area contributed by atoms with E-state index in [4.69, 9.17) is 25.8 Å². The maximum Gasteiger partial charge on any atom is 0.306 e. The molecule has 3 aromatic rings. The third-order valence-corrected chi connectivity index (χ3v) is 6.60. The van der Waals surface area contributed by atoms with Crippen molar-refractivity contribution in [2.24, 2.45) is 11.8 Å². The molecule has 3 unspecified atom stereocenters. The van der Waals surface area contributed by atoms with Crippen molar-refractivity contribution in [2.45, 2.75) is 59.0 Å². The van der Waals surface area contributed by atoms with Crippen LogP contribution in [0.4, 0.5) is 0 Å². The van der Waals surface area contributed by atoms with Crippen molar-refractivity contribution in [1.82, 2.24) is 4.98 Å². The van der Waals surface area contributed by atoms with Crippen LogP contribution in [0.5, 0.6) is 5.75 Å². The smallest absolute Gasteiger partial charge is 0.306 e. The Hall–Kier alpha value is -3.12. The SMILES string of the molecule is CCOC(=O)CC(C)CC(CC(C)CC(=O)OC)c1cccc(OCc2ccc3ccc(Cl)cc3n2)c1. The van der Waals surface area contributed by atoms with Crippen LogP contribution < -0.4 is 4.74 Å². The molecular weight excluding hydrogens is 490 g/mol. The number of fused-ring (bicyclic) bond motifs is 1. The molecule has 0 aliphatic rings. The molecule has 0 spiro atoms. The molecule has 0 fully saturated rings. The number of carbonyl (C=O) groups is 2. The van der Waals surface area contributed by atoms with Crippen LogP contribution in [-0.4, -0.2) is 30.6 Å². The van der Waals surface area contributed by atoms with Crippen LogP contribution in [0, 0.1) is 11.8 Å². The number of methoxy groups -OCH3 is 1. The molecule has 1 aromatic heterocycles.